The molecule has 4 rings (SSSR count). The molecule has 0 aromatic carbocycles. The lowest BCUT2D eigenvalue weighted by atomic mass is 9.97. The Morgan fingerprint density at radius 1 is 1.20 bits per heavy atom. The van der Waals surface area contributed by atoms with Crippen molar-refractivity contribution in [1.29, 1.82) is 0 Å². The molecular weight excluding hydrogens is 272 g/mol. The van der Waals surface area contributed by atoms with Crippen LogP contribution in [0.25, 0.3) is 10.2 Å². The van der Waals surface area contributed by atoms with E-state index in [-0.39, 0.29) is 0 Å². The van der Waals surface area contributed by atoms with Gasteiger partial charge in [-0.1, -0.05) is 0 Å². The maximum atomic E-state index is 4.98. The van der Waals surface area contributed by atoms with Crippen LogP contribution in [-0.4, -0.2) is 15.0 Å². The molecule has 6 heteroatoms. The van der Waals surface area contributed by atoms with Crippen LogP contribution in [0, 0.1) is 0 Å². The van der Waals surface area contributed by atoms with Gasteiger partial charge >= 0.3 is 0 Å². The number of thiophene rings is 1. The van der Waals surface area contributed by atoms with E-state index in [0.29, 0.717) is 6.54 Å². The molecule has 5 nitrogen and oxygen atoms in total. The average molecular weight is 286 g/mol. The van der Waals surface area contributed by atoms with Gasteiger partial charge in [0.1, 0.15) is 23.2 Å². The maximum absolute atomic E-state index is 4.98. The van der Waals surface area contributed by atoms with Crippen LogP contribution in [0.3, 0.4) is 0 Å². The number of rotatable bonds is 3. The lowest BCUT2D eigenvalue weighted by molar-refractivity contribution is 0.556. The van der Waals surface area contributed by atoms with Crippen LogP contribution in [-0.2, 0) is 19.4 Å². The minimum Gasteiger partial charge on any atom is -0.451 e. The second-order valence-corrected chi connectivity index (χ2v) is 6.03. The van der Waals surface area contributed by atoms with Gasteiger partial charge in [0.2, 0.25) is 0 Å². The third-order valence-corrected chi connectivity index (χ3v) is 4.87. The number of nitrogens with one attached hydrogen (secondary N) is 1. The highest BCUT2D eigenvalue weighted by molar-refractivity contribution is 7.19. The summed E-state index contributed by atoms with van der Waals surface area (Å²) < 4.78 is 4.98. The number of fused-ring (bicyclic) bond motifs is 3. The number of anilines is 1. The summed E-state index contributed by atoms with van der Waals surface area (Å²) in [5.41, 5.74) is 2.32. The van der Waals surface area contributed by atoms with E-state index in [2.05, 4.69) is 20.3 Å². The van der Waals surface area contributed by atoms with Gasteiger partial charge in [0.05, 0.1) is 17.6 Å². The Kier molecular flexibility index (Phi) is 2.88. The molecule has 0 saturated carbocycles. The van der Waals surface area contributed by atoms with Crippen molar-refractivity contribution in [3.05, 3.63) is 35.1 Å². The molecule has 1 N–H and O–H groups in total. The van der Waals surface area contributed by atoms with Gasteiger partial charge in [0.15, 0.2) is 6.39 Å². The monoisotopic (exact) mass is 286 g/mol. The van der Waals surface area contributed by atoms with Crippen molar-refractivity contribution in [2.45, 2.75) is 32.2 Å². The summed E-state index contributed by atoms with van der Waals surface area (Å²) in [7, 11) is 0. The smallest absolute Gasteiger partial charge is 0.180 e. The molecule has 0 unspecified atom stereocenters. The van der Waals surface area contributed by atoms with E-state index in [4.69, 9.17) is 4.42 Å². The highest BCUT2D eigenvalue weighted by Gasteiger charge is 2.19. The molecule has 1 aliphatic carbocycles. The van der Waals surface area contributed by atoms with E-state index in [0.717, 1.165) is 22.8 Å². The second kappa shape index (κ2) is 4.86. The predicted octanol–water partition coefficient (Wildman–Crippen LogP) is 3.17. The Balaban J connectivity index is 1.73. The zero-order valence-corrected chi connectivity index (χ0v) is 11.7. The quantitative estimate of drug-likeness (QED) is 0.801. The zero-order chi connectivity index (χ0) is 13.4. The van der Waals surface area contributed by atoms with Crippen LogP contribution in [0.15, 0.2) is 23.4 Å². The van der Waals surface area contributed by atoms with Gasteiger partial charge < -0.3 is 9.73 Å². The molecule has 20 heavy (non-hydrogen) atoms. The normalized spacial score (nSPS) is 14.4. The van der Waals surface area contributed by atoms with E-state index in [9.17, 15) is 0 Å². The van der Waals surface area contributed by atoms with E-state index in [1.54, 1.807) is 12.6 Å². The fraction of sp³-hybridized carbons (Fsp3) is 0.357. The van der Waals surface area contributed by atoms with Crippen molar-refractivity contribution in [3.63, 3.8) is 0 Å². The molecule has 0 fully saturated rings. The fourth-order valence-electron chi connectivity index (χ4n) is 2.72. The minimum atomic E-state index is 0.618. The number of oxazole rings is 1. The Morgan fingerprint density at radius 2 is 2.15 bits per heavy atom. The molecule has 1 aliphatic rings. The van der Waals surface area contributed by atoms with Crippen LogP contribution >= 0.6 is 11.3 Å². The molecule has 0 spiro atoms. The molecule has 0 aliphatic heterocycles. The van der Waals surface area contributed by atoms with Gasteiger partial charge in [0, 0.05) is 4.88 Å². The van der Waals surface area contributed by atoms with Crippen molar-refractivity contribution >= 4 is 27.4 Å². The van der Waals surface area contributed by atoms with Crippen molar-refractivity contribution in [1.82, 2.24) is 15.0 Å². The van der Waals surface area contributed by atoms with E-state index < -0.39 is 0 Å². The van der Waals surface area contributed by atoms with Crippen molar-refractivity contribution in [2.24, 2.45) is 0 Å². The van der Waals surface area contributed by atoms with Crippen LogP contribution in [0.5, 0.6) is 0 Å². The summed E-state index contributed by atoms with van der Waals surface area (Å²) in [5, 5.41) is 4.56. The van der Waals surface area contributed by atoms with Gasteiger partial charge in [-0.15, -0.1) is 11.3 Å². The Labute approximate surface area is 120 Å². The van der Waals surface area contributed by atoms with E-state index in [1.165, 1.54) is 41.5 Å². The minimum absolute atomic E-state index is 0.618. The third-order valence-electron chi connectivity index (χ3n) is 3.67. The molecule has 0 radical (unpaired) electrons. The Morgan fingerprint density at radius 3 is 3.05 bits per heavy atom. The molecule has 0 atom stereocenters. The van der Waals surface area contributed by atoms with E-state index >= 15 is 0 Å². The van der Waals surface area contributed by atoms with Crippen LogP contribution < -0.4 is 5.32 Å². The van der Waals surface area contributed by atoms with Gasteiger partial charge in [0.25, 0.3) is 0 Å². The maximum Gasteiger partial charge on any atom is 0.180 e. The van der Waals surface area contributed by atoms with Crippen LogP contribution in [0.2, 0.25) is 0 Å². The molecule has 0 bridgehead atoms. The first-order chi connectivity index (χ1) is 9.92. The fourth-order valence-corrected chi connectivity index (χ4v) is 3.95. The molecule has 3 aromatic heterocycles. The molecule has 0 amide bonds. The number of nitrogens with zero attached hydrogens (tertiary/aromatic N) is 3. The largest absolute Gasteiger partial charge is 0.451 e. The summed E-state index contributed by atoms with van der Waals surface area (Å²) in [4.78, 5) is 15.5. The molecule has 3 aromatic rings. The Hall–Kier alpha value is -1.95. The predicted molar refractivity (Wildman–Crippen MR) is 77.9 cm³/mol. The van der Waals surface area contributed by atoms with Crippen LogP contribution in [0.1, 0.15) is 29.0 Å². The molecular formula is C14H14N4OS. The number of hydrogen-bond donors (Lipinski definition) is 1. The second-order valence-electron chi connectivity index (χ2n) is 4.95. The highest BCUT2D eigenvalue weighted by Crippen LogP contribution is 2.38. The van der Waals surface area contributed by atoms with Crippen molar-refractivity contribution in [3.8, 4) is 0 Å². The summed E-state index contributed by atoms with van der Waals surface area (Å²) >= 11 is 1.81. The van der Waals surface area contributed by atoms with Crippen molar-refractivity contribution in [2.75, 3.05) is 5.32 Å². The van der Waals surface area contributed by atoms with Gasteiger partial charge in [-0.25, -0.2) is 15.0 Å². The van der Waals surface area contributed by atoms with Gasteiger partial charge in [-0.05, 0) is 31.2 Å². The lowest BCUT2D eigenvalue weighted by Crippen LogP contribution is -2.04. The summed E-state index contributed by atoms with van der Waals surface area (Å²) in [6.07, 6.45) is 9.59. The van der Waals surface area contributed by atoms with Crippen LogP contribution in [0.4, 0.5) is 5.82 Å². The van der Waals surface area contributed by atoms with Gasteiger partial charge in [-0.3, -0.25) is 0 Å². The number of aromatic nitrogens is 3. The number of aryl methyl sites for hydroxylation is 2. The first-order valence-corrected chi connectivity index (χ1v) is 7.59. The Bertz CT molecular complexity index is 735. The van der Waals surface area contributed by atoms with E-state index in [1.807, 2.05) is 11.3 Å². The summed E-state index contributed by atoms with van der Waals surface area (Å²) in [6, 6.07) is 0. The number of hydrogen-bond acceptors (Lipinski definition) is 6. The average Bonchev–Trinajstić information content (AvgIpc) is 3.12. The highest BCUT2D eigenvalue weighted by atomic mass is 32.1. The first-order valence-electron chi connectivity index (χ1n) is 6.78. The SMILES string of the molecule is c1nc(NCc2cocn2)c2c3c(sc2n1)CCCC3. The van der Waals surface area contributed by atoms with Gasteiger partial charge in [-0.2, -0.15) is 0 Å². The third kappa shape index (κ3) is 1.96. The first kappa shape index (κ1) is 11.8. The molecule has 3 heterocycles. The standard InChI is InChI=1S/C14H14N4OS/c1-2-4-11-10(3-1)12-13(16-7-17-14(12)20-11)15-5-9-6-19-8-18-9/h6-8H,1-5H2,(H,15,16,17). The molecule has 0 saturated heterocycles. The molecule has 102 valence electrons. The topological polar surface area (TPSA) is 63.8 Å². The summed E-state index contributed by atoms with van der Waals surface area (Å²) in [5.74, 6) is 0.914. The van der Waals surface area contributed by atoms with Crippen molar-refractivity contribution < 1.29 is 4.42 Å². The zero-order valence-electron chi connectivity index (χ0n) is 10.9. The lowest BCUT2D eigenvalue weighted by Gasteiger charge is -2.12. The summed E-state index contributed by atoms with van der Waals surface area (Å²) in [6.45, 7) is 0.618.